The minimum atomic E-state index is -0.836. The number of hydrogen-bond acceptors (Lipinski definition) is 4. The van der Waals surface area contributed by atoms with Crippen molar-refractivity contribution >= 4 is 6.09 Å². The number of alkyl carbamates (subject to hydrolysis) is 1. The van der Waals surface area contributed by atoms with E-state index in [1.54, 1.807) is 20.8 Å². The molecule has 0 bridgehead atoms. The van der Waals surface area contributed by atoms with E-state index in [2.05, 4.69) is 5.32 Å². The van der Waals surface area contributed by atoms with Gasteiger partial charge in [-0.1, -0.05) is 0 Å². The number of ether oxygens (including phenoxy) is 1. The first-order valence-corrected chi connectivity index (χ1v) is 4.99. The predicted octanol–water partition coefficient (Wildman–Crippen LogP) is 0.641. The lowest BCUT2D eigenvalue weighted by Crippen LogP contribution is -2.50. The molecule has 90 valence electrons. The van der Waals surface area contributed by atoms with Crippen LogP contribution >= 0.6 is 0 Å². The predicted molar refractivity (Wildman–Crippen MR) is 56.5 cm³/mol. The van der Waals surface area contributed by atoms with Crippen LogP contribution in [-0.2, 0) is 4.74 Å². The fourth-order valence-corrected chi connectivity index (χ4v) is 1.09. The topological polar surface area (TPSA) is 78.8 Å². The molecule has 3 atom stereocenters. The molecule has 1 unspecified atom stereocenters. The summed E-state index contributed by atoms with van der Waals surface area (Å²) in [5.41, 5.74) is -0.591. The summed E-state index contributed by atoms with van der Waals surface area (Å²) in [5.74, 6) is 0. The third kappa shape index (κ3) is 6.30. The largest absolute Gasteiger partial charge is 0.444 e. The number of nitrogens with one attached hydrogen (secondary N) is 1. The number of aliphatic hydroxyl groups excluding tert-OH is 2. The fraction of sp³-hybridized carbons (Fsp3) is 0.900. The maximum Gasteiger partial charge on any atom is 0.408 e. The van der Waals surface area contributed by atoms with Gasteiger partial charge in [-0.25, -0.2) is 4.79 Å². The lowest BCUT2D eigenvalue weighted by molar-refractivity contribution is 0.0238. The standard InChI is InChI=1S/C10H21NO4/c1-6(12)8(7(2)13)11-9(14)15-10(3,4)5/h6-8,12-13H,1-5H3,(H,11,14)/t6-,7+,8?. The van der Waals surface area contributed by atoms with Gasteiger partial charge in [0.2, 0.25) is 0 Å². The molecule has 0 aromatic heterocycles. The van der Waals surface area contributed by atoms with Gasteiger partial charge >= 0.3 is 6.09 Å². The summed E-state index contributed by atoms with van der Waals surface area (Å²) in [5, 5.41) is 21.0. The maximum atomic E-state index is 11.3. The first kappa shape index (κ1) is 14.2. The van der Waals surface area contributed by atoms with Gasteiger partial charge in [0, 0.05) is 0 Å². The first-order valence-electron chi connectivity index (χ1n) is 4.99. The number of aliphatic hydroxyl groups is 2. The van der Waals surface area contributed by atoms with E-state index in [0.29, 0.717) is 0 Å². The minimum absolute atomic E-state index is 0.591. The SMILES string of the molecule is C[C@H](O)C(NC(=O)OC(C)(C)C)[C@@H](C)O. The summed E-state index contributed by atoms with van der Waals surface area (Å²) in [6.45, 7) is 8.22. The van der Waals surface area contributed by atoms with Gasteiger partial charge in [0.1, 0.15) is 5.60 Å². The van der Waals surface area contributed by atoms with Crippen LogP contribution in [0.2, 0.25) is 0 Å². The Morgan fingerprint density at radius 1 is 1.20 bits per heavy atom. The van der Waals surface area contributed by atoms with Gasteiger partial charge in [0.25, 0.3) is 0 Å². The molecule has 0 heterocycles. The molecule has 1 amide bonds. The van der Waals surface area contributed by atoms with E-state index in [0.717, 1.165) is 0 Å². The molecule has 5 heteroatoms. The molecule has 0 fully saturated rings. The summed E-state index contributed by atoms with van der Waals surface area (Å²) in [6.07, 6.45) is -2.32. The van der Waals surface area contributed by atoms with Gasteiger partial charge in [-0.05, 0) is 34.6 Å². The molecule has 0 aliphatic rings. The van der Waals surface area contributed by atoms with Crippen LogP contribution in [0.4, 0.5) is 4.79 Å². The molecule has 0 rings (SSSR count). The van der Waals surface area contributed by atoms with Crippen LogP contribution in [0.25, 0.3) is 0 Å². The Hall–Kier alpha value is -0.810. The van der Waals surface area contributed by atoms with Crippen LogP contribution in [0.15, 0.2) is 0 Å². The molecular weight excluding hydrogens is 198 g/mol. The summed E-state index contributed by atoms with van der Waals surface area (Å²) >= 11 is 0. The quantitative estimate of drug-likeness (QED) is 0.651. The Balaban J connectivity index is 4.25. The van der Waals surface area contributed by atoms with Crippen LogP contribution in [0, 0.1) is 0 Å². The third-order valence-electron chi connectivity index (χ3n) is 1.72. The van der Waals surface area contributed by atoms with Crippen molar-refractivity contribution in [2.45, 2.75) is 58.5 Å². The summed E-state index contributed by atoms with van der Waals surface area (Å²) in [7, 11) is 0. The van der Waals surface area contributed by atoms with Crippen molar-refractivity contribution in [3.05, 3.63) is 0 Å². The van der Waals surface area contributed by atoms with Gasteiger partial charge in [-0.3, -0.25) is 0 Å². The second-order valence-corrected chi connectivity index (χ2v) is 4.65. The van der Waals surface area contributed by atoms with Crippen LogP contribution < -0.4 is 5.32 Å². The fourth-order valence-electron chi connectivity index (χ4n) is 1.09. The average Bonchev–Trinajstić information content (AvgIpc) is 1.95. The van der Waals surface area contributed by atoms with Crippen molar-refractivity contribution < 1.29 is 19.7 Å². The highest BCUT2D eigenvalue weighted by atomic mass is 16.6. The highest BCUT2D eigenvalue weighted by Crippen LogP contribution is 2.08. The molecule has 3 N–H and O–H groups in total. The molecule has 0 aliphatic carbocycles. The Bertz CT molecular complexity index is 200. The van der Waals surface area contributed by atoms with E-state index < -0.39 is 29.9 Å². The van der Waals surface area contributed by atoms with E-state index >= 15 is 0 Å². The lowest BCUT2D eigenvalue weighted by Gasteiger charge is -2.26. The highest BCUT2D eigenvalue weighted by Gasteiger charge is 2.25. The smallest absolute Gasteiger partial charge is 0.408 e. The molecule has 0 saturated heterocycles. The minimum Gasteiger partial charge on any atom is -0.444 e. The zero-order valence-corrected chi connectivity index (χ0v) is 9.94. The first-order chi connectivity index (χ1) is 6.63. The van der Waals surface area contributed by atoms with Gasteiger partial charge in [-0.2, -0.15) is 0 Å². The molecule has 0 aromatic rings. The number of hydrogen-bond donors (Lipinski definition) is 3. The van der Waals surface area contributed by atoms with E-state index in [1.165, 1.54) is 13.8 Å². The van der Waals surface area contributed by atoms with Crippen LogP contribution in [0.5, 0.6) is 0 Å². The van der Waals surface area contributed by atoms with E-state index in [-0.39, 0.29) is 0 Å². The Kier molecular flexibility index (Phi) is 5.03. The number of rotatable bonds is 3. The van der Waals surface area contributed by atoms with Crippen LogP contribution in [0.1, 0.15) is 34.6 Å². The van der Waals surface area contributed by atoms with Gasteiger partial charge in [0.05, 0.1) is 18.2 Å². The zero-order valence-electron chi connectivity index (χ0n) is 9.94. The lowest BCUT2D eigenvalue weighted by atomic mass is 10.1. The van der Waals surface area contributed by atoms with Gasteiger partial charge in [0.15, 0.2) is 0 Å². The second-order valence-electron chi connectivity index (χ2n) is 4.65. The summed E-state index contributed by atoms with van der Waals surface area (Å²) in [6, 6.07) is -0.722. The average molecular weight is 219 g/mol. The Morgan fingerprint density at radius 3 is 1.87 bits per heavy atom. The monoisotopic (exact) mass is 219 g/mol. The highest BCUT2D eigenvalue weighted by molar-refractivity contribution is 5.68. The second kappa shape index (κ2) is 5.32. The number of carbonyl (C=O) groups excluding carboxylic acids is 1. The maximum absolute atomic E-state index is 11.3. The summed E-state index contributed by atoms with van der Waals surface area (Å²) < 4.78 is 5.00. The number of amides is 1. The molecule has 0 spiro atoms. The molecular formula is C10H21NO4. The number of carbonyl (C=O) groups is 1. The van der Waals surface area contributed by atoms with Crippen molar-refractivity contribution in [1.29, 1.82) is 0 Å². The van der Waals surface area contributed by atoms with E-state index in [1.807, 2.05) is 0 Å². The zero-order chi connectivity index (χ0) is 12.2. The molecule has 0 radical (unpaired) electrons. The molecule has 0 saturated carbocycles. The van der Waals surface area contributed by atoms with Crippen molar-refractivity contribution in [3.63, 3.8) is 0 Å². The van der Waals surface area contributed by atoms with Gasteiger partial charge in [-0.15, -0.1) is 0 Å². The van der Waals surface area contributed by atoms with E-state index in [4.69, 9.17) is 4.74 Å². The normalized spacial score (nSPS) is 17.8. The summed E-state index contributed by atoms with van der Waals surface area (Å²) in [4.78, 5) is 11.3. The van der Waals surface area contributed by atoms with E-state index in [9.17, 15) is 15.0 Å². The van der Waals surface area contributed by atoms with Crippen LogP contribution in [0.3, 0.4) is 0 Å². The Labute approximate surface area is 90.4 Å². The Morgan fingerprint density at radius 2 is 1.60 bits per heavy atom. The van der Waals surface area contributed by atoms with Crippen molar-refractivity contribution in [2.75, 3.05) is 0 Å². The molecule has 0 aliphatic heterocycles. The van der Waals surface area contributed by atoms with Gasteiger partial charge < -0.3 is 20.3 Å². The van der Waals surface area contributed by atoms with Crippen molar-refractivity contribution in [1.82, 2.24) is 5.32 Å². The molecule has 5 nitrogen and oxygen atoms in total. The van der Waals surface area contributed by atoms with Crippen LogP contribution in [-0.4, -0.2) is 40.2 Å². The molecule has 15 heavy (non-hydrogen) atoms. The molecule has 0 aromatic carbocycles. The van der Waals surface area contributed by atoms with Crippen molar-refractivity contribution in [2.24, 2.45) is 0 Å². The third-order valence-corrected chi connectivity index (χ3v) is 1.72. The van der Waals surface area contributed by atoms with Crippen molar-refractivity contribution in [3.8, 4) is 0 Å².